The van der Waals surface area contributed by atoms with Crippen molar-refractivity contribution < 1.29 is 10.2 Å². The van der Waals surface area contributed by atoms with Gasteiger partial charge in [-0.3, -0.25) is 4.99 Å². The standard InChI is InChI=1S/C19H23N3O2/c1-3-9-20-16-17(22-12-10-21(4-2)11-13-22)19(24)15-8-6-5-7-14(15)18(16)23/h3,5-9,23-24H,1,4,10-13H2,2H3. The highest BCUT2D eigenvalue weighted by Crippen LogP contribution is 2.50. The van der Waals surface area contributed by atoms with Gasteiger partial charge in [-0.1, -0.05) is 43.8 Å². The lowest BCUT2D eigenvalue weighted by molar-refractivity contribution is 0.270. The monoisotopic (exact) mass is 325 g/mol. The molecule has 5 nitrogen and oxygen atoms in total. The lowest BCUT2D eigenvalue weighted by Crippen LogP contribution is -2.46. The van der Waals surface area contributed by atoms with Crippen molar-refractivity contribution >= 4 is 28.4 Å². The molecule has 0 unspecified atom stereocenters. The molecule has 1 heterocycles. The zero-order valence-electron chi connectivity index (χ0n) is 13.9. The number of benzene rings is 2. The first-order chi connectivity index (χ1) is 11.7. The van der Waals surface area contributed by atoms with E-state index >= 15 is 0 Å². The lowest BCUT2D eigenvalue weighted by Gasteiger charge is -2.36. The molecule has 0 aliphatic carbocycles. The van der Waals surface area contributed by atoms with E-state index in [1.165, 1.54) is 6.21 Å². The summed E-state index contributed by atoms with van der Waals surface area (Å²) in [5.74, 6) is 0.263. The quantitative estimate of drug-likeness (QED) is 0.669. The molecule has 0 bridgehead atoms. The third kappa shape index (κ3) is 2.83. The van der Waals surface area contributed by atoms with Crippen LogP contribution >= 0.6 is 0 Å². The molecule has 1 fully saturated rings. The maximum atomic E-state index is 10.9. The van der Waals surface area contributed by atoms with Crippen molar-refractivity contribution in [2.45, 2.75) is 6.92 Å². The number of fused-ring (bicyclic) bond motifs is 1. The summed E-state index contributed by atoms with van der Waals surface area (Å²) in [5.41, 5.74) is 0.996. The van der Waals surface area contributed by atoms with Crippen molar-refractivity contribution in [3.63, 3.8) is 0 Å². The minimum atomic E-state index is 0.0921. The highest BCUT2D eigenvalue weighted by Gasteiger charge is 2.25. The first kappa shape index (κ1) is 16.3. The Bertz CT molecular complexity index is 778. The van der Waals surface area contributed by atoms with E-state index in [0.29, 0.717) is 22.1 Å². The summed E-state index contributed by atoms with van der Waals surface area (Å²) in [6.07, 6.45) is 3.10. The molecule has 0 spiro atoms. The van der Waals surface area contributed by atoms with Crippen molar-refractivity contribution in [1.29, 1.82) is 0 Å². The smallest absolute Gasteiger partial charge is 0.151 e. The second kappa shape index (κ2) is 6.93. The number of aliphatic imine (C=N–C) groups is 1. The van der Waals surface area contributed by atoms with Crippen LogP contribution in [0.1, 0.15) is 6.92 Å². The molecule has 2 aromatic carbocycles. The van der Waals surface area contributed by atoms with Crippen molar-refractivity contribution in [1.82, 2.24) is 4.90 Å². The first-order valence-corrected chi connectivity index (χ1v) is 8.26. The Morgan fingerprint density at radius 1 is 1.08 bits per heavy atom. The normalized spacial score (nSPS) is 16.1. The average Bonchev–Trinajstić information content (AvgIpc) is 2.63. The maximum Gasteiger partial charge on any atom is 0.151 e. The molecule has 0 radical (unpaired) electrons. The minimum absolute atomic E-state index is 0.0921. The summed E-state index contributed by atoms with van der Waals surface area (Å²) in [7, 11) is 0. The molecule has 5 heteroatoms. The number of hydrogen-bond acceptors (Lipinski definition) is 5. The van der Waals surface area contributed by atoms with Crippen LogP contribution in [-0.4, -0.2) is 54.1 Å². The molecule has 0 atom stereocenters. The van der Waals surface area contributed by atoms with Gasteiger partial charge in [-0.2, -0.15) is 0 Å². The molecule has 3 rings (SSSR count). The van der Waals surface area contributed by atoms with Crippen LogP contribution in [0.25, 0.3) is 10.8 Å². The summed E-state index contributed by atoms with van der Waals surface area (Å²) in [6, 6.07) is 7.29. The number of nitrogens with zero attached hydrogens (tertiary/aromatic N) is 3. The molecule has 126 valence electrons. The molecule has 1 saturated heterocycles. The predicted octanol–water partition coefficient (Wildman–Crippen LogP) is 3.28. The number of hydrogen-bond donors (Lipinski definition) is 2. The highest BCUT2D eigenvalue weighted by molar-refractivity contribution is 6.05. The van der Waals surface area contributed by atoms with Gasteiger partial charge >= 0.3 is 0 Å². The van der Waals surface area contributed by atoms with Gasteiger partial charge in [0, 0.05) is 43.2 Å². The van der Waals surface area contributed by atoms with Crippen molar-refractivity contribution in [3.8, 4) is 11.5 Å². The van der Waals surface area contributed by atoms with E-state index in [2.05, 4.69) is 28.3 Å². The van der Waals surface area contributed by atoms with E-state index in [-0.39, 0.29) is 11.5 Å². The number of phenols is 2. The van der Waals surface area contributed by atoms with Crippen LogP contribution in [0, 0.1) is 0 Å². The van der Waals surface area contributed by atoms with Crippen LogP contribution in [0.5, 0.6) is 11.5 Å². The third-order valence-electron chi connectivity index (χ3n) is 4.55. The Labute approximate surface area is 142 Å². The SMILES string of the molecule is C=CC=Nc1c(N2CCN(CC)CC2)c(O)c2ccccc2c1O. The van der Waals surface area contributed by atoms with Gasteiger partial charge in [0.2, 0.25) is 0 Å². The van der Waals surface area contributed by atoms with Gasteiger partial charge in [0.25, 0.3) is 0 Å². The Balaban J connectivity index is 2.15. The summed E-state index contributed by atoms with van der Waals surface area (Å²) in [4.78, 5) is 8.80. The second-order valence-electron chi connectivity index (χ2n) is 5.88. The molecule has 0 saturated carbocycles. The maximum absolute atomic E-state index is 10.9. The van der Waals surface area contributed by atoms with E-state index < -0.39 is 0 Å². The number of piperazine rings is 1. The van der Waals surface area contributed by atoms with Crippen molar-refractivity contribution in [2.75, 3.05) is 37.6 Å². The Kier molecular flexibility index (Phi) is 4.71. The molecule has 0 aromatic heterocycles. The predicted molar refractivity (Wildman–Crippen MR) is 100.0 cm³/mol. The molecular formula is C19H23N3O2. The van der Waals surface area contributed by atoms with Crippen LogP contribution < -0.4 is 4.90 Å². The minimum Gasteiger partial charge on any atom is -0.505 e. The summed E-state index contributed by atoms with van der Waals surface area (Å²) >= 11 is 0. The van der Waals surface area contributed by atoms with Gasteiger partial charge < -0.3 is 20.0 Å². The lowest BCUT2D eigenvalue weighted by atomic mass is 10.0. The summed E-state index contributed by atoms with van der Waals surface area (Å²) < 4.78 is 0. The molecule has 1 aliphatic heterocycles. The van der Waals surface area contributed by atoms with Gasteiger partial charge in [-0.25, -0.2) is 0 Å². The largest absolute Gasteiger partial charge is 0.505 e. The number of rotatable bonds is 4. The highest BCUT2D eigenvalue weighted by atomic mass is 16.3. The van der Waals surface area contributed by atoms with Gasteiger partial charge in [0.15, 0.2) is 5.75 Å². The number of phenolic OH excluding ortho intramolecular Hbond substituents is 2. The zero-order chi connectivity index (χ0) is 17.1. The molecule has 24 heavy (non-hydrogen) atoms. The summed E-state index contributed by atoms with van der Waals surface area (Å²) in [6.45, 7) is 10.2. The number of anilines is 1. The van der Waals surface area contributed by atoms with E-state index in [1.54, 1.807) is 12.1 Å². The average molecular weight is 325 g/mol. The molecule has 0 amide bonds. The molecule has 1 aliphatic rings. The second-order valence-corrected chi connectivity index (χ2v) is 5.88. The number of likely N-dealkylation sites (N-methyl/N-ethyl adjacent to an activating group) is 1. The third-order valence-corrected chi connectivity index (χ3v) is 4.55. The Hall–Kier alpha value is -2.53. The zero-order valence-corrected chi connectivity index (χ0v) is 13.9. The van der Waals surface area contributed by atoms with Crippen molar-refractivity contribution in [2.24, 2.45) is 4.99 Å². The van der Waals surface area contributed by atoms with Gasteiger partial charge in [0.05, 0.1) is 0 Å². The molecule has 2 N–H and O–H groups in total. The van der Waals surface area contributed by atoms with Crippen LogP contribution in [0.15, 0.2) is 41.9 Å². The van der Waals surface area contributed by atoms with E-state index in [9.17, 15) is 10.2 Å². The summed E-state index contributed by atoms with van der Waals surface area (Å²) in [5, 5.41) is 22.8. The van der Waals surface area contributed by atoms with E-state index in [4.69, 9.17) is 0 Å². The fourth-order valence-electron chi connectivity index (χ4n) is 3.21. The topological polar surface area (TPSA) is 59.3 Å². The first-order valence-electron chi connectivity index (χ1n) is 8.26. The van der Waals surface area contributed by atoms with Gasteiger partial charge in [-0.05, 0) is 6.54 Å². The number of aromatic hydroxyl groups is 2. The van der Waals surface area contributed by atoms with E-state index in [0.717, 1.165) is 32.7 Å². The fraction of sp³-hybridized carbons (Fsp3) is 0.316. The Morgan fingerprint density at radius 3 is 2.29 bits per heavy atom. The van der Waals surface area contributed by atoms with Crippen LogP contribution in [0.3, 0.4) is 0 Å². The van der Waals surface area contributed by atoms with Gasteiger partial charge in [-0.15, -0.1) is 0 Å². The number of allylic oxidation sites excluding steroid dienone is 1. The molecular weight excluding hydrogens is 302 g/mol. The van der Waals surface area contributed by atoms with Gasteiger partial charge in [0.1, 0.15) is 17.1 Å². The van der Waals surface area contributed by atoms with E-state index in [1.807, 2.05) is 18.2 Å². The van der Waals surface area contributed by atoms with Crippen LogP contribution in [-0.2, 0) is 0 Å². The van der Waals surface area contributed by atoms with Crippen LogP contribution in [0.4, 0.5) is 11.4 Å². The Morgan fingerprint density at radius 2 is 1.71 bits per heavy atom. The van der Waals surface area contributed by atoms with Crippen LogP contribution in [0.2, 0.25) is 0 Å². The van der Waals surface area contributed by atoms with Crippen molar-refractivity contribution in [3.05, 3.63) is 36.9 Å². The molecule has 2 aromatic rings. The fourth-order valence-corrected chi connectivity index (χ4v) is 3.21.